The van der Waals surface area contributed by atoms with Crippen LogP contribution in [0.5, 0.6) is 0 Å². The molecule has 0 radical (unpaired) electrons. The van der Waals surface area contributed by atoms with Crippen LogP contribution in [-0.4, -0.2) is 19.0 Å². The van der Waals surface area contributed by atoms with Crippen LogP contribution in [0, 0.1) is 11.8 Å². The van der Waals surface area contributed by atoms with Crippen LogP contribution in [0.4, 0.5) is 0 Å². The van der Waals surface area contributed by atoms with Gasteiger partial charge in [-0.3, -0.25) is 4.79 Å². The molecule has 0 amide bonds. The Morgan fingerprint density at radius 3 is 2.91 bits per heavy atom. The fourth-order valence-corrected chi connectivity index (χ4v) is 1.50. The van der Waals surface area contributed by atoms with Crippen molar-refractivity contribution >= 4 is 5.78 Å². The van der Waals surface area contributed by atoms with Gasteiger partial charge in [-0.2, -0.15) is 0 Å². The first kappa shape index (κ1) is 8.72. The van der Waals surface area contributed by atoms with E-state index in [4.69, 9.17) is 4.74 Å². The third kappa shape index (κ3) is 2.62. The first-order valence-corrected chi connectivity index (χ1v) is 4.30. The van der Waals surface area contributed by atoms with Gasteiger partial charge in [-0.1, -0.05) is 13.8 Å². The quantitative estimate of drug-likeness (QED) is 0.607. The molecule has 2 nitrogen and oxygen atoms in total. The highest BCUT2D eigenvalue weighted by atomic mass is 16.5. The first-order chi connectivity index (χ1) is 5.20. The van der Waals surface area contributed by atoms with Crippen LogP contribution in [0.2, 0.25) is 0 Å². The molecule has 1 unspecified atom stereocenters. The summed E-state index contributed by atoms with van der Waals surface area (Å²) >= 11 is 0. The van der Waals surface area contributed by atoms with Gasteiger partial charge in [-0.05, 0) is 18.8 Å². The summed E-state index contributed by atoms with van der Waals surface area (Å²) in [6.07, 6.45) is 1.96. The van der Waals surface area contributed by atoms with Gasteiger partial charge in [0.25, 0.3) is 0 Å². The summed E-state index contributed by atoms with van der Waals surface area (Å²) in [5.74, 6) is 1.20. The summed E-state index contributed by atoms with van der Waals surface area (Å²) in [4.78, 5) is 11.2. The lowest BCUT2D eigenvalue weighted by molar-refractivity contribution is -0.133. The highest BCUT2D eigenvalue weighted by Crippen LogP contribution is 2.19. The lowest BCUT2D eigenvalue weighted by atomic mass is 9.90. The second-order valence-corrected chi connectivity index (χ2v) is 3.63. The highest BCUT2D eigenvalue weighted by molar-refractivity contribution is 5.82. The summed E-state index contributed by atoms with van der Waals surface area (Å²) in [5.41, 5.74) is 0. The van der Waals surface area contributed by atoms with E-state index in [0.717, 1.165) is 19.4 Å². The maximum atomic E-state index is 11.2. The van der Waals surface area contributed by atoms with Crippen molar-refractivity contribution in [2.45, 2.75) is 26.7 Å². The third-order valence-electron chi connectivity index (χ3n) is 2.07. The number of Topliss-reactive ketones (excluding diaryl/α,β-unsaturated/α-hetero) is 1. The van der Waals surface area contributed by atoms with E-state index in [1.54, 1.807) is 0 Å². The van der Waals surface area contributed by atoms with E-state index in [0.29, 0.717) is 18.3 Å². The number of rotatable bonds is 2. The number of hydrogen-bond donors (Lipinski definition) is 0. The second kappa shape index (κ2) is 3.86. The maximum Gasteiger partial charge on any atom is 0.161 e. The summed E-state index contributed by atoms with van der Waals surface area (Å²) in [6, 6.07) is 0. The van der Waals surface area contributed by atoms with E-state index in [1.807, 2.05) is 0 Å². The molecule has 1 heterocycles. The molecule has 1 atom stereocenters. The zero-order valence-electron chi connectivity index (χ0n) is 7.30. The zero-order valence-corrected chi connectivity index (χ0v) is 7.30. The fraction of sp³-hybridized carbons (Fsp3) is 0.889. The Morgan fingerprint density at radius 1 is 1.64 bits per heavy atom. The number of carbonyl (C=O) groups excluding carboxylic acids is 1. The van der Waals surface area contributed by atoms with E-state index in [1.165, 1.54) is 0 Å². The Balaban J connectivity index is 2.36. The van der Waals surface area contributed by atoms with Crippen LogP contribution in [0.3, 0.4) is 0 Å². The molecule has 0 aromatic heterocycles. The smallest absolute Gasteiger partial charge is 0.161 e. The molecule has 0 aliphatic carbocycles. The van der Waals surface area contributed by atoms with Gasteiger partial charge in [0.1, 0.15) is 6.61 Å². The summed E-state index contributed by atoms with van der Waals surface area (Å²) < 4.78 is 5.04. The number of hydrogen-bond acceptors (Lipinski definition) is 2. The summed E-state index contributed by atoms with van der Waals surface area (Å²) in [5, 5.41) is 0. The first-order valence-electron chi connectivity index (χ1n) is 4.30. The van der Waals surface area contributed by atoms with Gasteiger partial charge in [0, 0.05) is 12.5 Å². The molecule has 1 aliphatic heterocycles. The van der Waals surface area contributed by atoms with Crippen molar-refractivity contribution in [3.8, 4) is 0 Å². The van der Waals surface area contributed by atoms with Gasteiger partial charge in [-0.15, -0.1) is 0 Å². The number of ketones is 1. The SMILES string of the molecule is CC(C)CC1CCOCC1=O. The normalized spacial score (nSPS) is 26.1. The molecule has 1 saturated heterocycles. The number of ether oxygens (including phenoxy) is 1. The van der Waals surface area contributed by atoms with Gasteiger partial charge in [0.2, 0.25) is 0 Å². The molecule has 0 aromatic rings. The Morgan fingerprint density at radius 2 is 2.36 bits per heavy atom. The van der Waals surface area contributed by atoms with E-state index in [2.05, 4.69) is 13.8 Å². The van der Waals surface area contributed by atoms with Crippen molar-refractivity contribution in [1.29, 1.82) is 0 Å². The number of carbonyl (C=O) groups is 1. The topological polar surface area (TPSA) is 26.3 Å². The molecule has 2 heteroatoms. The molecule has 0 N–H and O–H groups in total. The van der Waals surface area contributed by atoms with Crippen LogP contribution in [0.25, 0.3) is 0 Å². The van der Waals surface area contributed by atoms with Crippen LogP contribution >= 0.6 is 0 Å². The third-order valence-corrected chi connectivity index (χ3v) is 2.07. The van der Waals surface area contributed by atoms with E-state index < -0.39 is 0 Å². The van der Waals surface area contributed by atoms with Crippen molar-refractivity contribution in [2.75, 3.05) is 13.2 Å². The van der Waals surface area contributed by atoms with Gasteiger partial charge in [-0.25, -0.2) is 0 Å². The van der Waals surface area contributed by atoms with Gasteiger partial charge in [0.05, 0.1) is 0 Å². The molecule has 11 heavy (non-hydrogen) atoms. The molecule has 0 spiro atoms. The van der Waals surface area contributed by atoms with Crippen molar-refractivity contribution in [3.05, 3.63) is 0 Å². The van der Waals surface area contributed by atoms with Crippen LogP contribution in [0.1, 0.15) is 26.7 Å². The highest BCUT2D eigenvalue weighted by Gasteiger charge is 2.22. The average molecular weight is 156 g/mol. The fourth-order valence-electron chi connectivity index (χ4n) is 1.50. The molecular weight excluding hydrogens is 140 g/mol. The molecule has 1 fully saturated rings. The summed E-state index contributed by atoms with van der Waals surface area (Å²) in [6.45, 7) is 5.42. The molecule has 64 valence electrons. The second-order valence-electron chi connectivity index (χ2n) is 3.63. The monoisotopic (exact) mass is 156 g/mol. The largest absolute Gasteiger partial charge is 0.374 e. The van der Waals surface area contributed by atoms with E-state index in [9.17, 15) is 4.79 Å². The molecular formula is C9H16O2. The maximum absolute atomic E-state index is 11.2. The van der Waals surface area contributed by atoms with Crippen LogP contribution < -0.4 is 0 Å². The van der Waals surface area contributed by atoms with E-state index >= 15 is 0 Å². The summed E-state index contributed by atoms with van der Waals surface area (Å²) in [7, 11) is 0. The van der Waals surface area contributed by atoms with Crippen LogP contribution in [-0.2, 0) is 9.53 Å². The molecule has 0 aromatic carbocycles. The molecule has 0 bridgehead atoms. The van der Waals surface area contributed by atoms with Crippen molar-refractivity contribution in [2.24, 2.45) is 11.8 Å². The Hall–Kier alpha value is -0.370. The standard InChI is InChI=1S/C9H16O2/c1-7(2)5-8-3-4-11-6-9(8)10/h7-8H,3-6H2,1-2H3. The minimum Gasteiger partial charge on any atom is -0.374 e. The zero-order chi connectivity index (χ0) is 8.27. The minimum atomic E-state index is 0.281. The lowest BCUT2D eigenvalue weighted by Crippen LogP contribution is -2.28. The average Bonchev–Trinajstić information content (AvgIpc) is 1.93. The van der Waals surface area contributed by atoms with E-state index in [-0.39, 0.29) is 5.92 Å². The van der Waals surface area contributed by atoms with Gasteiger partial charge >= 0.3 is 0 Å². The van der Waals surface area contributed by atoms with Crippen molar-refractivity contribution in [3.63, 3.8) is 0 Å². The van der Waals surface area contributed by atoms with Crippen molar-refractivity contribution in [1.82, 2.24) is 0 Å². The minimum absolute atomic E-state index is 0.281. The lowest BCUT2D eigenvalue weighted by Gasteiger charge is -2.21. The Bertz CT molecular complexity index is 140. The van der Waals surface area contributed by atoms with Crippen LogP contribution in [0.15, 0.2) is 0 Å². The predicted molar refractivity (Wildman–Crippen MR) is 43.4 cm³/mol. The molecule has 1 rings (SSSR count). The van der Waals surface area contributed by atoms with Gasteiger partial charge < -0.3 is 4.74 Å². The van der Waals surface area contributed by atoms with Gasteiger partial charge in [0.15, 0.2) is 5.78 Å². The Labute approximate surface area is 67.9 Å². The molecule has 0 saturated carbocycles. The Kier molecular flexibility index (Phi) is 3.06. The molecule has 1 aliphatic rings. The van der Waals surface area contributed by atoms with Crippen molar-refractivity contribution < 1.29 is 9.53 Å². The predicted octanol–water partition coefficient (Wildman–Crippen LogP) is 1.64.